The van der Waals surface area contributed by atoms with Crippen LogP contribution in [0.4, 0.5) is 9.93 Å². The molecule has 0 aromatic carbocycles. The number of allylic oxidation sites excluding steroid dienone is 1. The molecule has 232 valence electrons. The van der Waals surface area contributed by atoms with Crippen molar-refractivity contribution in [1.82, 2.24) is 20.2 Å². The number of fused-ring (bicyclic) bond motifs is 1. The smallest absolute Gasteiger partial charge is 0.431 e. The van der Waals surface area contributed by atoms with Gasteiger partial charge in [0, 0.05) is 30.5 Å². The molecule has 2 amide bonds. The van der Waals surface area contributed by atoms with Crippen LogP contribution in [0, 0.1) is 0 Å². The highest BCUT2D eigenvalue weighted by Crippen LogP contribution is 2.41. The minimum Gasteiger partial charge on any atom is -0.431 e. The number of thiazole rings is 1. The Morgan fingerprint density at radius 3 is 2.70 bits per heavy atom. The summed E-state index contributed by atoms with van der Waals surface area (Å²) in [5, 5.41) is 16.0. The third kappa shape index (κ3) is 7.02. The van der Waals surface area contributed by atoms with Crippen molar-refractivity contribution in [2.45, 2.75) is 62.8 Å². The molecule has 2 fully saturated rings. The van der Waals surface area contributed by atoms with E-state index in [0.717, 1.165) is 49.0 Å². The number of esters is 1. The summed E-state index contributed by atoms with van der Waals surface area (Å²) in [5.74, 6) is -2.04. The third-order valence-electron chi connectivity index (χ3n) is 7.07. The van der Waals surface area contributed by atoms with Crippen molar-refractivity contribution in [2.24, 2.45) is 5.16 Å². The highest BCUT2D eigenvalue weighted by atomic mass is 32.2. The lowest BCUT2D eigenvalue weighted by Gasteiger charge is -2.49. The summed E-state index contributed by atoms with van der Waals surface area (Å²) in [5.41, 5.74) is 6.45. The van der Waals surface area contributed by atoms with Crippen molar-refractivity contribution in [1.29, 1.82) is 0 Å². The maximum Gasteiger partial charge on any atom is 0.511 e. The number of oxime groups is 1. The Morgan fingerprint density at radius 2 is 2.02 bits per heavy atom. The number of amides is 2. The maximum absolute atomic E-state index is 13.5. The molecule has 2 aromatic rings. The van der Waals surface area contributed by atoms with Gasteiger partial charge in [-0.15, -0.1) is 23.1 Å². The summed E-state index contributed by atoms with van der Waals surface area (Å²) >= 11 is 2.37. The first-order chi connectivity index (χ1) is 21.2. The van der Waals surface area contributed by atoms with Crippen LogP contribution in [-0.4, -0.2) is 79.3 Å². The van der Waals surface area contributed by atoms with Crippen molar-refractivity contribution in [3.05, 3.63) is 58.5 Å². The number of carbonyl (C=O) groups excluding carboxylic acids is 4. The van der Waals surface area contributed by atoms with Gasteiger partial charge in [0.1, 0.15) is 28.9 Å². The summed E-state index contributed by atoms with van der Waals surface area (Å²) in [6.45, 7) is 1.38. The molecule has 44 heavy (non-hydrogen) atoms. The number of ether oxygens (including phenoxy) is 3. The van der Waals surface area contributed by atoms with E-state index in [4.69, 9.17) is 19.9 Å². The first-order valence-electron chi connectivity index (χ1n) is 13.8. The second-order valence-electron chi connectivity index (χ2n) is 10.1. The second kappa shape index (κ2) is 13.9. The van der Waals surface area contributed by atoms with Crippen molar-refractivity contribution >= 4 is 64.0 Å². The number of nitrogen functional groups attached to an aromatic ring is 1. The average Bonchev–Trinajstić information content (AvgIpc) is 3.44. The fourth-order valence-corrected chi connectivity index (χ4v) is 6.83. The van der Waals surface area contributed by atoms with Gasteiger partial charge in [0.25, 0.3) is 11.8 Å². The first kappa shape index (κ1) is 31.0. The molecule has 1 unspecified atom stereocenters. The van der Waals surface area contributed by atoms with Crippen molar-refractivity contribution < 1.29 is 38.6 Å². The molecule has 14 nitrogen and oxygen atoms in total. The lowest BCUT2D eigenvalue weighted by atomic mass is 9.98. The summed E-state index contributed by atoms with van der Waals surface area (Å²) in [6.07, 6.45) is 8.72. The van der Waals surface area contributed by atoms with Crippen LogP contribution >= 0.6 is 23.1 Å². The molecule has 2 aliphatic heterocycles. The lowest BCUT2D eigenvalue weighted by Crippen LogP contribution is -2.71. The number of nitrogens with one attached hydrogen (secondary N) is 1. The number of thioether (sulfide) groups is 1. The van der Waals surface area contributed by atoms with E-state index in [-0.39, 0.29) is 28.4 Å². The zero-order chi connectivity index (χ0) is 31.2. The van der Waals surface area contributed by atoms with E-state index in [2.05, 4.69) is 20.4 Å². The van der Waals surface area contributed by atoms with Gasteiger partial charge in [-0.2, -0.15) is 0 Å². The predicted octanol–water partition coefficient (Wildman–Crippen LogP) is 3.04. The zero-order valence-corrected chi connectivity index (χ0v) is 25.2. The molecule has 16 heteroatoms. The number of hydrogen-bond donors (Lipinski definition) is 3. The van der Waals surface area contributed by atoms with E-state index >= 15 is 0 Å². The van der Waals surface area contributed by atoms with Gasteiger partial charge >= 0.3 is 12.1 Å². The van der Waals surface area contributed by atoms with Crippen LogP contribution in [-0.2, 0) is 28.6 Å². The van der Waals surface area contributed by atoms with Gasteiger partial charge in [-0.1, -0.05) is 29.8 Å². The Balaban J connectivity index is 1.31. The first-order valence-corrected chi connectivity index (χ1v) is 15.8. The maximum atomic E-state index is 13.5. The minimum absolute atomic E-state index is 0.0513. The highest BCUT2D eigenvalue weighted by Gasteiger charge is 2.54. The number of carbonyl (C=O) groups is 4. The van der Waals surface area contributed by atoms with Gasteiger partial charge in [-0.3, -0.25) is 19.5 Å². The molecule has 2 aromatic heterocycles. The zero-order valence-electron chi connectivity index (χ0n) is 23.6. The summed E-state index contributed by atoms with van der Waals surface area (Å²) in [6, 6.07) is 2.55. The van der Waals surface area contributed by atoms with Gasteiger partial charge in [0.05, 0.1) is 0 Å². The lowest BCUT2D eigenvalue weighted by molar-refractivity contribution is -0.169. The molecule has 4 N–H and O–H groups in total. The Labute approximate surface area is 260 Å². The predicted molar refractivity (Wildman–Crippen MR) is 160 cm³/mol. The summed E-state index contributed by atoms with van der Waals surface area (Å²) in [7, 11) is 0. The monoisotopic (exact) mass is 642 g/mol. The van der Waals surface area contributed by atoms with E-state index in [9.17, 15) is 24.4 Å². The van der Waals surface area contributed by atoms with Crippen LogP contribution in [0.3, 0.4) is 0 Å². The van der Waals surface area contributed by atoms with Crippen molar-refractivity contribution in [3.8, 4) is 0 Å². The Hall–Kier alpha value is -4.44. The fourth-order valence-electron chi connectivity index (χ4n) is 4.96. The van der Waals surface area contributed by atoms with E-state index in [1.165, 1.54) is 29.0 Å². The van der Waals surface area contributed by atoms with Gasteiger partial charge in [-0.05, 0) is 42.9 Å². The Bertz CT molecular complexity index is 1500. The standard InChI is InChI=1S/C28H30N6O8S2/c1-15(41-28(38)42-18-7-3-2-4-8-18)40-26(37)22-17(10-9-16-6-5-11-30-12-16)13-43-25-21(24(36)34(22)25)32-23(35)20(33-39)19-14-44-27(29)31-19/h5-6,9-12,14-15,18,21,25,39H,2-4,7-8,13H2,1H3,(H2,29,31)(H,32,35)/b10-9+,33-20?/t15?,21-,25+/m1/s1. The van der Waals surface area contributed by atoms with E-state index in [0.29, 0.717) is 5.57 Å². The van der Waals surface area contributed by atoms with Crippen LogP contribution < -0.4 is 11.1 Å². The quantitative estimate of drug-likeness (QED) is 0.0905. The molecule has 0 spiro atoms. The fraction of sp³-hybridized carbons (Fsp3) is 0.393. The Kier molecular flexibility index (Phi) is 9.79. The number of anilines is 1. The summed E-state index contributed by atoms with van der Waals surface area (Å²) < 4.78 is 16.0. The largest absolute Gasteiger partial charge is 0.511 e. The van der Waals surface area contributed by atoms with Gasteiger partial charge < -0.3 is 30.5 Å². The Morgan fingerprint density at radius 1 is 1.23 bits per heavy atom. The summed E-state index contributed by atoms with van der Waals surface area (Å²) in [4.78, 5) is 61.3. The van der Waals surface area contributed by atoms with Crippen LogP contribution in [0.25, 0.3) is 6.08 Å². The van der Waals surface area contributed by atoms with Crippen LogP contribution in [0.5, 0.6) is 0 Å². The number of rotatable bonds is 9. The van der Waals surface area contributed by atoms with Gasteiger partial charge in [0.15, 0.2) is 10.8 Å². The van der Waals surface area contributed by atoms with Crippen molar-refractivity contribution in [2.75, 3.05) is 11.5 Å². The number of aromatic nitrogens is 2. The molecule has 1 saturated heterocycles. The topological polar surface area (TPSA) is 196 Å². The number of nitrogens with zero attached hydrogens (tertiary/aromatic N) is 4. The molecule has 3 aliphatic rings. The molecule has 0 radical (unpaired) electrons. The number of nitrogens with two attached hydrogens (primary N) is 1. The molecule has 3 atom stereocenters. The molecule has 1 aliphatic carbocycles. The minimum atomic E-state index is -1.30. The van der Waals surface area contributed by atoms with E-state index < -0.39 is 47.4 Å². The third-order valence-corrected chi connectivity index (χ3v) is 9.05. The number of hydrogen-bond acceptors (Lipinski definition) is 14. The second-order valence-corrected chi connectivity index (χ2v) is 12.1. The SMILES string of the molecule is CC(OC(=O)OC1CCCCC1)OC(=O)C1=C(/C=C/c2cccnc2)CS[C@H]2[C@H](NC(=O)C(=NO)c3csc(N)n3)C(=O)N12. The van der Waals surface area contributed by atoms with E-state index in [1.807, 2.05) is 6.07 Å². The normalized spacial score (nSPS) is 21.3. The molecule has 1 saturated carbocycles. The number of β-lactam (4-membered cyclic amide) rings is 1. The van der Waals surface area contributed by atoms with Crippen LogP contribution in [0.2, 0.25) is 0 Å². The average molecular weight is 643 g/mol. The number of pyridine rings is 1. The molecular formula is C28H30N6O8S2. The van der Waals surface area contributed by atoms with Crippen LogP contribution in [0.1, 0.15) is 50.3 Å². The molecule has 5 rings (SSSR count). The molecule has 4 heterocycles. The van der Waals surface area contributed by atoms with Gasteiger partial charge in [0.2, 0.25) is 6.29 Å². The van der Waals surface area contributed by atoms with E-state index in [1.54, 1.807) is 30.6 Å². The van der Waals surface area contributed by atoms with Gasteiger partial charge in [-0.25, -0.2) is 14.6 Å². The van der Waals surface area contributed by atoms with Crippen LogP contribution in [0.15, 0.2) is 52.4 Å². The molecular weight excluding hydrogens is 612 g/mol. The molecule has 0 bridgehead atoms. The van der Waals surface area contributed by atoms with Crippen molar-refractivity contribution in [3.63, 3.8) is 0 Å². The highest BCUT2D eigenvalue weighted by molar-refractivity contribution is 8.00.